The van der Waals surface area contributed by atoms with Crippen molar-refractivity contribution in [1.29, 1.82) is 0 Å². The number of unbranched alkanes of at least 4 members (excludes halogenated alkanes) is 11. The largest absolute Gasteiger partial charge is 0.248 e. The molecule has 2 heteroatoms. The predicted molar refractivity (Wildman–Crippen MR) is 271 cm³/mol. The molecule has 0 N–H and O–H groups in total. The van der Waals surface area contributed by atoms with Crippen LogP contribution < -0.4 is 0 Å². The van der Waals surface area contributed by atoms with Crippen LogP contribution in [0.4, 0.5) is 0 Å². The van der Waals surface area contributed by atoms with E-state index in [0.29, 0.717) is 0 Å². The summed E-state index contributed by atoms with van der Waals surface area (Å²) in [5, 5.41) is 0. The molecule has 338 valence electrons. The molecule has 0 bridgehead atoms. The quantitative estimate of drug-likeness (QED) is 0.0617. The fourth-order valence-corrected chi connectivity index (χ4v) is 9.87. The first-order chi connectivity index (χ1) is 31.1. The zero-order valence-electron chi connectivity index (χ0n) is 40.4. The van der Waals surface area contributed by atoms with Crippen LogP contribution in [0.2, 0.25) is 0 Å². The summed E-state index contributed by atoms with van der Waals surface area (Å²) >= 11 is 0. The van der Waals surface area contributed by atoms with Crippen molar-refractivity contribution in [2.45, 2.75) is 213 Å². The molecule has 0 atom stereocenters. The van der Waals surface area contributed by atoms with Gasteiger partial charge >= 0.3 is 0 Å². The Bertz CT molecular complexity index is 1900. The highest BCUT2D eigenvalue weighted by atomic mass is 14.7. The first kappa shape index (κ1) is 49.9. The van der Waals surface area contributed by atoms with Crippen LogP contribution in [0.1, 0.15) is 245 Å². The minimum absolute atomic E-state index is 0.746. The van der Waals surface area contributed by atoms with Crippen molar-refractivity contribution in [3.05, 3.63) is 130 Å². The molecule has 0 saturated heterocycles. The molecule has 6 rings (SSSR count). The summed E-state index contributed by atoms with van der Waals surface area (Å²) < 4.78 is 0. The molecule has 0 radical (unpaired) electrons. The van der Waals surface area contributed by atoms with E-state index in [-0.39, 0.29) is 0 Å². The molecule has 2 nitrogen and oxygen atoms in total. The topological polar surface area (TPSA) is 25.8 Å². The van der Waals surface area contributed by atoms with Crippen molar-refractivity contribution < 1.29 is 0 Å². The fraction of sp³-hybridized carbons (Fsp3) is 0.574. The summed E-state index contributed by atoms with van der Waals surface area (Å²) in [7, 11) is 0. The van der Waals surface area contributed by atoms with Gasteiger partial charge in [0.2, 0.25) is 0 Å². The second-order valence-electron chi connectivity index (χ2n) is 19.2. The molecule has 2 aromatic heterocycles. The molecule has 0 unspecified atom stereocenters. The number of hydrogen-bond donors (Lipinski definition) is 0. The van der Waals surface area contributed by atoms with Gasteiger partial charge in [0.1, 0.15) is 11.4 Å². The lowest BCUT2D eigenvalue weighted by atomic mass is 9.77. The average molecular weight is 845 g/mol. The van der Waals surface area contributed by atoms with E-state index in [9.17, 15) is 0 Å². The van der Waals surface area contributed by atoms with E-state index >= 15 is 0 Å². The van der Waals surface area contributed by atoms with Crippen LogP contribution in [-0.4, -0.2) is 9.97 Å². The van der Waals surface area contributed by atoms with E-state index in [1.807, 2.05) is 12.4 Å². The summed E-state index contributed by atoms with van der Waals surface area (Å²) in [6, 6.07) is 26.5. The summed E-state index contributed by atoms with van der Waals surface area (Å²) in [6.07, 6.45) is 40.5. The molecule has 2 aromatic carbocycles. The van der Waals surface area contributed by atoms with Gasteiger partial charge in [-0.2, -0.15) is 0 Å². The Balaban J connectivity index is 0.000000238. The zero-order chi connectivity index (χ0) is 44.2. The summed E-state index contributed by atoms with van der Waals surface area (Å²) in [5.41, 5.74) is 9.55. The molecule has 2 fully saturated rings. The molecular formula is C61H84N2. The van der Waals surface area contributed by atoms with Gasteiger partial charge in [0.25, 0.3) is 0 Å². The Morgan fingerprint density at radius 1 is 0.381 bits per heavy atom. The number of aromatic nitrogens is 2. The molecule has 0 spiro atoms. The van der Waals surface area contributed by atoms with Gasteiger partial charge in [-0.05, 0) is 171 Å². The Kier molecular flexibility index (Phi) is 23.8. The van der Waals surface area contributed by atoms with Crippen molar-refractivity contribution in [3.8, 4) is 23.7 Å². The number of benzene rings is 2. The van der Waals surface area contributed by atoms with Gasteiger partial charge in [-0.25, -0.2) is 9.97 Å². The van der Waals surface area contributed by atoms with Crippen LogP contribution in [0.3, 0.4) is 0 Å². The highest BCUT2D eigenvalue weighted by Gasteiger charge is 2.23. The van der Waals surface area contributed by atoms with Crippen molar-refractivity contribution in [1.82, 2.24) is 9.97 Å². The highest BCUT2D eigenvalue weighted by molar-refractivity contribution is 5.43. The number of nitrogens with zero attached hydrogens (tertiary/aromatic N) is 2. The Labute approximate surface area is 386 Å². The molecule has 2 saturated carbocycles. The molecule has 4 aromatic rings. The van der Waals surface area contributed by atoms with E-state index in [4.69, 9.17) is 0 Å². The number of pyridine rings is 2. The van der Waals surface area contributed by atoms with Crippen molar-refractivity contribution in [2.75, 3.05) is 0 Å². The van der Waals surface area contributed by atoms with Crippen LogP contribution in [0.25, 0.3) is 0 Å². The van der Waals surface area contributed by atoms with Gasteiger partial charge in [0.05, 0.1) is 0 Å². The van der Waals surface area contributed by atoms with E-state index in [2.05, 4.69) is 134 Å². The monoisotopic (exact) mass is 845 g/mol. The molecule has 2 aliphatic rings. The third-order valence-corrected chi connectivity index (χ3v) is 14.1. The summed E-state index contributed by atoms with van der Waals surface area (Å²) in [5.74, 6) is 16.5. The second-order valence-corrected chi connectivity index (χ2v) is 19.2. The van der Waals surface area contributed by atoms with Crippen molar-refractivity contribution >= 4 is 0 Å². The number of aryl methyl sites for hydroxylation is 2. The molecule has 2 aliphatic carbocycles. The summed E-state index contributed by atoms with van der Waals surface area (Å²) in [4.78, 5) is 9.08. The Morgan fingerprint density at radius 3 is 1.11 bits per heavy atom. The fourth-order valence-electron chi connectivity index (χ4n) is 9.87. The maximum atomic E-state index is 4.55. The maximum absolute atomic E-state index is 4.55. The van der Waals surface area contributed by atoms with Crippen LogP contribution in [0.5, 0.6) is 0 Å². The minimum Gasteiger partial charge on any atom is -0.248 e. The van der Waals surface area contributed by atoms with Gasteiger partial charge in [-0.3, -0.25) is 0 Å². The third kappa shape index (κ3) is 19.2. The maximum Gasteiger partial charge on any atom is 0.113 e. The van der Waals surface area contributed by atoms with Gasteiger partial charge in [-0.1, -0.05) is 172 Å². The van der Waals surface area contributed by atoms with Gasteiger partial charge in [0.15, 0.2) is 0 Å². The van der Waals surface area contributed by atoms with Crippen LogP contribution >= 0.6 is 0 Å². The first-order valence-corrected chi connectivity index (χ1v) is 26.2. The average Bonchev–Trinajstić information content (AvgIpc) is 3.34. The molecular weight excluding hydrogens is 761 g/mol. The predicted octanol–water partition coefficient (Wildman–Crippen LogP) is 17.3. The highest BCUT2D eigenvalue weighted by Crippen LogP contribution is 2.39. The second kappa shape index (κ2) is 30.1. The summed E-state index contributed by atoms with van der Waals surface area (Å²) in [6.45, 7) is 9.09. The lowest BCUT2D eigenvalue weighted by molar-refractivity contribution is 0.302. The normalized spacial score (nSPS) is 18.3. The SMILES string of the molecule is CCCCCC[C@H]1CC[C@H](c2ccc(C#Cc3ccc(CCCCC)cn3)cc2)CC1.CCCCCCc1ccc(C#Cc2ccc([C@H]3CC[C@H](CCCCCC)CC3)cc2)nc1. The lowest BCUT2D eigenvalue weighted by Gasteiger charge is -2.29. The number of rotatable bonds is 21. The van der Waals surface area contributed by atoms with Crippen LogP contribution in [-0.2, 0) is 12.8 Å². The van der Waals surface area contributed by atoms with Crippen LogP contribution in [0.15, 0.2) is 85.2 Å². The van der Waals surface area contributed by atoms with Gasteiger partial charge in [0, 0.05) is 23.5 Å². The van der Waals surface area contributed by atoms with Crippen molar-refractivity contribution in [3.63, 3.8) is 0 Å². The first-order valence-electron chi connectivity index (χ1n) is 26.2. The minimum atomic E-state index is 0.746. The van der Waals surface area contributed by atoms with E-state index in [1.165, 1.54) is 183 Å². The zero-order valence-corrected chi connectivity index (χ0v) is 40.4. The molecule has 2 heterocycles. The molecule has 0 aliphatic heterocycles. The molecule has 0 amide bonds. The van der Waals surface area contributed by atoms with E-state index in [1.54, 1.807) is 0 Å². The van der Waals surface area contributed by atoms with Gasteiger partial charge < -0.3 is 0 Å². The lowest BCUT2D eigenvalue weighted by Crippen LogP contribution is -2.13. The van der Waals surface area contributed by atoms with E-state index in [0.717, 1.165) is 59.0 Å². The Hall–Kier alpha value is -4.14. The number of hydrogen-bond acceptors (Lipinski definition) is 2. The van der Waals surface area contributed by atoms with Crippen molar-refractivity contribution in [2.24, 2.45) is 11.8 Å². The van der Waals surface area contributed by atoms with Gasteiger partial charge in [-0.15, -0.1) is 0 Å². The molecule has 63 heavy (non-hydrogen) atoms. The standard InChI is InChI=1S/C31H43N.C30H41N/c1-3-5-7-9-11-26-13-19-29(20-14-26)30-21-15-27(16-22-30)17-23-31-24-18-28(25-32-31)12-10-8-6-4-2;1-3-5-7-9-10-25-12-18-28(19-13-25)29-20-14-26(15-21-29)16-22-30-23-17-27(24-31-30)11-8-6-4-2/h15-16,18,21-22,24-26,29H,3-14,19-20H2,1-2H3;14-15,17,20-21,23-25,28H,3-13,18-19H2,1-2H3/t26-,29-;25-,28-. The smallest absolute Gasteiger partial charge is 0.113 e. The Morgan fingerprint density at radius 2 is 0.746 bits per heavy atom. The van der Waals surface area contributed by atoms with Crippen LogP contribution in [0, 0.1) is 35.5 Å². The third-order valence-electron chi connectivity index (χ3n) is 14.1. The van der Waals surface area contributed by atoms with E-state index < -0.39 is 0 Å².